The fourth-order valence-electron chi connectivity index (χ4n) is 2.80. The Kier molecular flexibility index (Phi) is 8.05. The van der Waals surface area contributed by atoms with Crippen LogP contribution in [0.4, 0.5) is 4.39 Å². The largest absolute Gasteiger partial charge is 0.493 e. The number of nitrogens with zero attached hydrogens (tertiary/aromatic N) is 1. The molecule has 0 aromatic heterocycles. The van der Waals surface area contributed by atoms with Gasteiger partial charge in [0.2, 0.25) is 0 Å². The summed E-state index contributed by atoms with van der Waals surface area (Å²) in [6.07, 6.45) is 1.44. The highest BCUT2D eigenvalue weighted by Gasteiger charge is 2.11. The third kappa shape index (κ3) is 6.21. The molecule has 1 amide bonds. The van der Waals surface area contributed by atoms with Gasteiger partial charge in [-0.25, -0.2) is 9.82 Å². The number of carbonyl (C=O) groups is 1. The number of rotatable bonds is 9. The average Bonchev–Trinajstić information content (AvgIpc) is 2.79. The maximum Gasteiger partial charge on any atom is 0.271 e. The van der Waals surface area contributed by atoms with Crippen LogP contribution in [0.5, 0.6) is 17.2 Å². The van der Waals surface area contributed by atoms with Crippen LogP contribution in [-0.4, -0.2) is 25.8 Å². The Balaban J connectivity index is 1.69. The first-order chi connectivity index (χ1) is 15.5. The molecule has 0 saturated heterocycles. The number of carbonyl (C=O) groups excluding carboxylic acids is 1. The van der Waals surface area contributed by atoms with Crippen molar-refractivity contribution in [3.63, 3.8) is 0 Å². The zero-order valence-corrected chi connectivity index (χ0v) is 18.4. The van der Waals surface area contributed by atoms with Gasteiger partial charge >= 0.3 is 0 Å². The number of amides is 1. The predicted molar refractivity (Wildman–Crippen MR) is 121 cm³/mol. The summed E-state index contributed by atoms with van der Waals surface area (Å²) in [5.41, 5.74) is 4.22. The number of methoxy groups -OCH3 is 1. The van der Waals surface area contributed by atoms with Crippen LogP contribution in [0.2, 0.25) is 5.02 Å². The molecule has 3 aromatic rings. The van der Waals surface area contributed by atoms with Gasteiger partial charge in [-0.1, -0.05) is 23.7 Å². The minimum absolute atomic E-state index is 0.237. The Morgan fingerprint density at radius 3 is 2.50 bits per heavy atom. The Labute approximate surface area is 190 Å². The molecule has 0 spiro atoms. The van der Waals surface area contributed by atoms with E-state index in [4.69, 9.17) is 25.8 Å². The van der Waals surface area contributed by atoms with Gasteiger partial charge in [-0.2, -0.15) is 5.10 Å². The van der Waals surface area contributed by atoms with Crippen molar-refractivity contribution in [2.75, 3.05) is 13.7 Å². The van der Waals surface area contributed by atoms with Crippen LogP contribution in [0.15, 0.2) is 65.8 Å². The topological polar surface area (TPSA) is 69.2 Å². The number of nitrogens with one attached hydrogen (secondary N) is 1. The smallest absolute Gasteiger partial charge is 0.271 e. The van der Waals surface area contributed by atoms with Gasteiger partial charge in [0.25, 0.3) is 5.91 Å². The predicted octanol–water partition coefficient (Wildman–Crippen LogP) is 5.23. The normalized spacial score (nSPS) is 10.8. The van der Waals surface area contributed by atoms with Crippen molar-refractivity contribution in [1.29, 1.82) is 0 Å². The monoisotopic (exact) mass is 456 g/mol. The Hall–Kier alpha value is -3.58. The van der Waals surface area contributed by atoms with Crippen LogP contribution in [0.1, 0.15) is 28.4 Å². The number of hydrogen-bond donors (Lipinski definition) is 1. The van der Waals surface area contributed by atoms with E-state index in [0.717, 1.165) is 5.56 Å². The van der Waals surface area contributed by atoms with Crippen molar-refractivity contribution in [1.82, 2.24) is 5.43 Å². The van der Waals surface area contributed by atoms with E-state index in [1.807, 2.05) is 6.92 Å². The highest BCUT2D eigenvalue weighted by molar-refractivity contribution is 6.30. The molecule has 0 aliphatic heterocycles. The van der Waals surface area contributed by atoms with Gasteiger partial charge in [0, 0.05) is 16.1 Å². The number of hydrazone groups is 1. The van der Waals surface area contributed by atoms with Crippen molar-refractivity contribution in [2.45, 2.75) is 13.5 Å². The molecule has 0 atom stereocenters. The highest BCUT2D eigenvalue weighted by Crippen LogP contribution is 2.28. The van der Waals surface area contributed by atoms with Crippen LogP contribution < -0.4 is 19.6 Å². The summed E-state index contributed by atoms with van der Waals surface area (Å²) in [7, 11) is 1.53. The van der Waals surface area contributed by atoms with E-state index in [1.54, 1.807) is 48.5 Å². The van der Waals surface area contributed by atoms with Gasteiger partial charge in [-0.15, -0.1) is 0 Å². The van der Waals surface area contributed by atoms with Gasteiger partial charge in [0.15, 0.2) is 11.5 Å². The summed E-state index contributed by atoms with van der Waals surface area (Å²) in [4.78, 5) is 12.5. The second-order valence-electron chi connectivity index (χ2n) is 6.60. The van der Waals surface area contributed by atoms with Gasteiger partial charge in [-0.05, 0) is 61.0 Å². The maximum absolute atomic E-state index is 13.1. The second-order valence-corrected chi connectivity index (χ2v) is 7.03. The molecule has 166 valence electrons. The number of benzene rings is 3. The summed E-state index contributed by atoms with van der Waals surface area (Å²) in [6.45, 7) is 2.52. The van der Waals surface area contributed by atoms with Crippen LogP contribution in [-0.2, 0) is 6.61 Å². The van der Waals surface area contributed by atoms with E-state index >= 15 is 0 Å². The van der Waals surface area contributed by atoms with Crippen LogP contribution in [0, 0.1) is 5.82 Å². The summed E-state index contributed by atoms with van der Waals surface area (Å²) in [5, 5.41) is 4.51. The average molecular weight is 457 g/mol. The second kappa shape index (κ2) is 11.2. The molecule has 0 aliphatic rings. The maximum atomic E-state index is 13.1. The van der Waals surface area contributed by atoms with Crippen molar-refractivity contribution < 1.29 is 23.4 Å². The Bertz CT molecular complexity index is 1100. The first-order valence-electron chi connectivity index (χ1n) is 9.81. The fraction of sp³-hybridized carbons (Fsp3) is 0.167. The minimum Gasteiger partial charge on any atom is -0.493 e. The lowest BCUT2D eigenvalue weighted by Gasteiger charge is -2.11. The van der Waals surface area contributed by atoms with Crippen LogP contribution >= 0.6 is 11.6 Å². The van der Waals surface area contributed by atoms with Gasteiger partial charge < -0.3 is 14.2 Å². The molecule has 0 radical (unpaired) electrons. The zero-order chi connectivity index (χ0) is 22.9. The lowest BCUT2D eigenvalue weighted by Crippen LogP contribution is -2.17. The molecular weight excluding hydrogens is 435 g/mol. The molecule has 0 fully saturated rings. The molecule has 3 rings (SSSR count). The fourth-order valence-corrected chi connectivity index (χ4v) is 2.99. The number of halogens is 2. The molecule has 32 heavy (non-hydrogen) atoms. The first-order valence-corrected chi connectivity index (χ1v) is 10.2. The van der Waals surface area contributed by atoms with Crippen LogP contribution in [0.25, 0.3) is 0 Å². The molecule has 0 heterocycles. The number of hydrogen-bond acceptors (Lipinski definition) is 5. The first kappa shape index (κ1) is 23.1. The molecule has 3 aromatic carbocycles. The SMILES string of the molecule is CCOc1cc(C(=O)N/N=C/c2cc(Cl)ccc2OCc2ccc(F)cc2)ccc1OC. The van der Waals surface area contributed by atoms with E-state index in [0.29, 0.717) is 40.0 Å². The summed E-state index contributed by atoms with van der Waals surface area (Å²) < 4.78 is 29.6. The minimum atomic E-state index is -0.416. The van der Waals surface area contributed by atoms with E-state index in [1.165, 1.54) is 25.5 Å². The van der Waals surface area contributed by atoms with Gasteiger partial charge in [0.05, 0.1) is 19.9 Å². The standard InChI is InChI=1S/C24H22ClFN2O4/c1-3-31-23-13-17(6-10-22(23)30-2)24(29)28-27-14-18-12-19(25)7-11-21(18)32-15-16-4-8-20(26)9-5-16/h4-14H,3,15H2,1-2H3,(H,28,29)/b27-14+. The zero-order valence-electron chi connectivity index (χ0n) is 17.6. The third-order valence-corrected chi connectivity index (χ3v) is 4.61. The molecule has 8 heteroatoms. The number of ether oxygens (including phenoxy) is 3. The molecule has 1 N–H and O–H groups in total. The molecular formula is C24H22ClFN2O4. The Morgan fingerprint density at radius 1 is 1.03 bits per heavy atom. The summed E-state index contributed by atoms with van der Waals surface area (Å²) in [5.74, 6) is 0.793. The van der Waals surface area contributed by atoms with E-state index in [9.17, 15) is 9.18 Å². The molecule has 6 nitrogen and oxygen atoms in total. The lowest BCUT2D eigenvalue weighted by atomic mass is 10.2. The van der Waals surface area contributed by atoms with E-state index in [2.05, 4.69) is 10.5 Å². The van der Waals surface area contributed by atoms with Gasteiger partial charge in [-0.3, -0.25) is 4.79 Å². The van der Waals surface area contributed by atoms with Crippen molar-refractivity contribution in [3.05, 3.63) is 88.2 Å². The van der Waals surface area contributed by atoms with Crippen molar-refractivity contribution >= 4 is 23.7 Å². The summed E-state index contributed by atoms with van der Waals surface area (Å²) >= 11 is 6.09. The van der Waals surface area contributed by atoms with Crippen LogP contribution in [0.3, 0.4) is 0 Å². The van der Waals surface area contributed by atoms with Crippen molar-refractivity contribution in [2.24, 2.45) is 5.10 Å². The Morgan fingerprint density at radius 2 is 1.78 bits per heavy atom. The van der Waals surface area contributed by atoms with Crippen molar-refractivity contribution in [3.8, 4) is 17.2 Å². The third-order valence-electron chi connectivity index (χ3n) is 4.37. The lowest BCUT2D eigenvalue weighted by molar-refractivity contribution is 0.0954. The molecule has 0 aliphatic carbocycles. The van der Waals surface area contributed by atoms with E-state index in [-0.39, 0.29) is 12.4 Å². The van der Waals surface area contributed by atoms with Gasteiger partial charge in [0.1, 0.15) is 18.2 Å². The quantitative estimate of drug-likeness (QED) is 0.353. The molecule has 0 unspecified atom stereocenters. The van der Waals surface area contributed by atoms with E-state index < -0.39 is 5.91 Å². The summed E-state index contributed by atoms with van der Waals surface area (Å²) in [6, 6.07) is 15.9. The highest BCUT2D eigenvalue weighted by atomic mass is 35.5. The molecule has 0 saturated carbocycles. The molecule has 0 bridgehead atoms.